The number of hydrogen-bond donors (Lipinski definition) is 2. The van der Waals surface area contributed by atoms with Crippen LogP contribution in [0.3, 0.4) is 0 Å². The molecular formula is C5H7N3OS2. The van der Waals surface area contributed by atoms with E-state index in [1.165, 1.54) is 23.1 Å². The van der Waals surface area contributed by atoms with Crippen molar-refractivity contribution in [2.24, 2.45) is 5.73 Å². The maximum Gasteiger partial charge on any atom is 0.227 e. The standard InChI is InChI=1S/C5H7N3OS2/c6-3(9)2-10-4-1-8-5(7)11-4/h1H,2H2,(H2,6,9)(H2,7,8). The number of aromatic nitrogens is 1. The molecule has 1 heterocycles. The van der Waals surface area contributed by atoms with Crippen molar-refractivity contribution in [3.05, 3.63) is 6.20 Å². The molecule has 0 atom stereocenters. The fourth-order valence-electron chi connectivity index (χ4n) is 0.481. The van der Waals surface area contributed by atoms with Crippen LogP contribution in [-0.2, 0) is 4.79 Å². The second-order valence-corrected chi connectivity index (χ2v) is 4.11. The Morgan fingerprint density at radius 3 is 3.00 bits per heavy atom. The summed E-state index contributed by atoms with van der Waals surface area (Å²) in [5.74, 6) is -0.0521. The van der Waals surface area contributed by atoms with E-state index in [0.29, 0.717) is 5.13 Å². The molecule has 0 spiro atoms. The molecule has 6 heteroatoms. The van der Waals surface area contributed by atoms with Crippen molar-refractivity contribution in [2.45, 2.75) is 4.21 Å². The molecule has 4 nitrogen and oxygen atoms in total. The number of thiazole rings is 1. The Morgan fingerprint density at radius 1 is 1.82 bits per heavy atom. The Morgan fingerprint density at radius 2 is 2.55 bits per heavy atom. The van der Waals surface area contributed by atoms with Crippen molar-refractivity contribution in [3.63, 3.8) is 0 Å². The van der Waals surface area contributed by atoms with Crippen LogP contribution in [0.4, 0.5) is 5.13 Å². The van der Waals surface area contributed by atoms with E-state index in [0.717, 1.165) is 4.21 Å². The van der Waals surface area contributed by atoms with Gasteiger partial charge in [-0.2, -0.15) is 0 Å². The van der Waals surface area contributed by atoms with E-state index in [9.17, 15) is 4.79 Å². The Balaban J connectivity index is 2.45. The van der Waals surface area contributed by atoms with Gasteiger partial charge in [0.15, 0.2) is 5.13 Å². The van der Waals surface area contributed by atoms with Crippen molar-refractivity contribution in [2.75, 3.05) is 11.5 Å². The number of nitrogen functional groups attached to an aromatic ring is 1. The molecule has 4 N–H and O–H groups in total. The van der Waals surface area contributed by atoms with Gasteiger partial charge in [-0.05, 0) is 0 Å². The highest BCUT2D eigenvalue weighted by molar-refractivity contribution is 8.01. The first-order valence-electron chi connectivity index (χ1n) is 2.81. The molecule has 0 fully saturated rings. The van der Waals surface area contributed by atoms with Gasteiger partial charge in [0.05, 0.1) is 16.2 Å². The summed E-state index contributed by atoms with van der Waals surface area (Å²) in [7, 11) is 0. The van der Waals surface area contributed by atoms with E-state index in [1.54, 1.807) is 6.20 Å². The van der Waals surface area contributed by atoms with Crippen LogP contribution in [-0.4, -0.2) is 16.6 Å². The smallest absolute Gasteiger partial charge is 0.227 e. The molecule has 0 saturated heterocycles. The van der Waals surface area contributed by atoms with E-state index in [-0.39, 0.29) is 11.7 Å². The number of amides is 1. The monoisotopic (exact) mass is 189 g/mol. The predicted molar refractivity (Wildman–Crippen MR) is 46.4 cm³/mol. The van der Waals surface area contributed by atoms with Gasteiger partial charge < -0.3 is 11.5 Å². The van der Waals surface area contributed by atoms with Gasteiger partial charge in [0.1, 0.15) is 0 Å². The molecule has 0 bridgehead atoms. The Labute approximate surface area is 72.0 Å². The largest absolute Gasteiger partial charge is 0.375 e. The second kappa shape index (κ2) is 3.59. The quantitative estimate of drug-likeness (QED) is 0.670. The summed E-state index contributed by atoms with van der Waals surface area (Å²) in [4.78, 5) is 14.2. The summed E-state index contributed by atoms with van der Waals surface area (Å²) >= 11 is 2.70. The summed E-state index contributed by atoms with van der Waals surface area (Å²) in [6, 6.07) is 0. The lowest BCUT2D eigenvalue weighted by molar-refractivity contribution is -0.115. The van der Waals surface area contributed by atoms with Crippen LogP contribution in [0.25, 0.3) is 0 Å². The minimum absolute atomic E-state index is 0.279. The molecule has 1 aromatic rings. The predicted octanol–water partition coefficient (Wildman–Crippen LogP) is 0.303. The van der Waals surface area contributed by atoms with Gasteiger partial charge in [0, 0.05) is 0 Å². The number of hydrogen-bond acceptors (Lipinski definition) is 5. The van der Waals surface area contributed by atoms with E-state index in [4.69, 9.17) is 11.5 Å². The molecule has 60 valence electrons. The average Bonchev–Trinajstić information content (AvgIpc) is 2.31. The summed E-state index contributed by atoms with van der Waals surface area (Å²) in [6.45, 7) is 0. The fraction of sp³-hybridized carbons (Fsp3) is 0.200. The lowest BCUT2D eigenvalue weighted by atomic mass is 10.8. The summed E-state index contributed by atoms with van der Waals surface area (Å²) in [5, 5.41) is 0.511. The highest BCUT2D eigenvalue weighted by atomic mass is 32.2. The zero-order chi connectivity index (χ0) is 8.27. The minimum atomic E-state index is -0.332. The van der Waals surface area contributed by atoms with Gasteiger partial charge in [-0.25, -0.2) is 4.98 Å². The number of carbonyl (C=O) groups excluding carboxylic acids is 1. The molecule has 0 aliphatic carbocycles. The number of carbonyl (C=O) groups is 1. The molecule has 0 aromatic carbocycles. The van der Waals surface area contributed by atoms with E-state index in [2.05, 4.69) is 4.98 Å². The Kier molecular flexibility index (Phi) is 2.72. The van der Waals surface area contributed by atoms with Crippen LogP contribution < -0.4 is 11.5 Å². The van der Waals surface area contributed by atoms with Gasteiger partial charge in [-0.3, -0.25) is 4.79 Å². The van der Waals surface area contributed by atoms with E-state index < -0.39 is 0 Å². The molecule has 0 aliphatic heterocycles. The number of nitrogens with zero attached hydrogens (tertiary/aromatic N) is 1. The van der Waals surface area contributed by atoms with Gasteiger partial charge in [0.2, 0.25) is 5.91 Å². The van der Waals surface area contributed by atoms with Crippen molar-refractivity contribution < 1.29 is 4.79 Å². The van der Waals surface area contributed by atoms with Crippen molar-refractivity contribution in [1.29, 1.82) is 0 Å². The molecule has 0 saturated carbocycles. The number of primary amides is 1. The van der Waals surface area contributed by atoms with E-state index >= 15 is 0 Å². The third-order valence-electron chi connectivity index (χ3n) is 0.859. The number of nitrogens with two attached hydrogens (primary N) is 2. The van der Waals surface area contributed by atoms with Crippen LogP contribution in [0.5, 0.6) is 0 Å². The van der Waals surface area contributed by atoms with Crippen molar-refractivity contribution >= 4 is 34.1 Å². The molecule has 1 rings (SSSR count). The molecular weight excluding hydrogens is 182 g/mol. The summed E-state index contributed by atoms with van der Waals surface area (Å²) in [5.41, 5.74) is 10.3. The summed E-state index contributed by atoms with van der Waals surface area (Å²) in [6.07, 6.45) is 1.63. The molecule has 0 radical (unpaired) electrons. The van der Waals surface area contributed by atoms with Crippen molar-refractivity contribution in [1.82, 2.24) is 4.98 Å². The Hall–Kier alpha value is -0.750. The lowest BCUT2D eigenvalue weighted by Gasteiger charge is -1.89. The molecule has 0 unspecified atom stereocenters. The SMILES string of the molecule is NC(=O)CSc1cnc(N)s1. The minimum Gasteiger partial charge on any atom is -0.375 e. The van der Waals surface area contributed by atoms with Crippen LogP contribution in [0.15, 0.2) is 10.4 Å². The third-order valence-corrected chi connectivity index (χ3v) is 2.90. The highest BCUT2D eigenvalue weighted by Crippen LogP contribution is 2.25. The first kappa shape index (κ1) is 8.35. The number of anilines is 1. The molecule has 1 amide bonds. The number of thioether (sulfide) groups is 1. The Bertz CT molecular complexity index is 260. The lowest BCUT2D eigenvalue weighted by Crippen LogP contribution is -2.12. The van der Waals surface area contributed by atoms with Crippen LogP contribution in [0.1, 0.15) is 0 Å². The highest BCUT2D eigenvalue weighted by Gasteiger charge is 2.00. The summed E-state index contributed by atoms with van der Waals surface area (Å²) < 4.78 is 0.918. The molecule has 11 heavy (non-hydrogen) atoms. The fourth-order valence-corrected chi connectivity index (χ4v) is 1.98. The van der Waals surface area contributed by atoms with Crippen LogP contribution >= 0.6 is 23.1 Å². The zero-order valence-corrected chi connectivity index (χ0v) is 7.24. The molecule has 0 aliphatic rings. The topological polar surface area (TPSA) is 82.0 Å². The average molecular weight is 189 g/mol. The molecule has 1 aromatic heterocycles. The first-order chi connectivity index (χ1) is 5.18. The van der Waals surface area contributed by atoms with Crippen molar-refractivity contribution in [3.8, 4) is 0 Å². The normalized spacial score (nSPS) is 9.82. The number of rotatable bonds is 3. The first-order valence-corrected chi connectivity index (χ1v) is 4.61. The van der Waals surface area contributed by atoms with Gasteiger partial charge in [-0.1, -0.05) is 11.3 Å². The van der Waals surface area contributed by atoms with Gasteiger partial charge >= 0.3 is 0 Å². The van der Waals surface area contributed by atoms with Gasteiger partial charge in [-0.15, -0.1) is 11.8 Å². The second-order valence-electron chi connectivity index (χ2n) is 1.77. The van der Waals surface area contributed by atoms with Gasteiger partial charge in [0.25, 0.3) is 0 Å². The maximum absolute atomic E-state index is 10.3. The maximum atomic E-state index is 10.3. The van der Waals surface area contributed by atoms with Crippen LogP contribution in [0.2, 0.25) is 0 Å². The van der Waals surface area contributed by atoms with E-state index in [1.807, 2.05) is 0 Å². The van der Waals surface area contributed by atoms with Crippen LogP contribution in [0, 0.1) is 0 Å². The third kappa shape index (κ3) is 2.77. The zero-order valence-electron chi connectivity index (χ0n) is 5.61.